The van der Waals surface area contributed by atoms with Crippen LogP contribution in [0.5, 0.6) is 0 Å². The van der Waals surface area contributed by atoms with Crippen molar-refractivity contribution in [1.82, 2.24) is 24.7 Å². The van der Waals surface area contributed by atoms with Crippen molar-refractivity contribution in [3.63, 3.8) is 0 Å². The Morgan fingerprint density at radius 3 is 3.25 bits per heavy atom. The average Bonchev–Trinajstić information content (AvgIpc) is 3.04. The number of hydrogen-bond acceptors (Lipinski definition) is 6. The Hall–Kier alpha value is -1.41. The Labute approximate surface area is 122 Å². The molecule has 0 aliphatic carbocycles. The van der Waals surface area contributed by atoms with E-state index in [4.69, 9.17) is 0 Å². The highest BCUT2D eigenvalue weighted by atomic mass is 32.1. The lowest BCUT2D eigenvalue weighted by Gasteiger charge is -2.36. The van der Waals surface area contributed by atoms with Gasteiger partial charge in [0.2, 0.25) is 0 Å². The summed E-state index contributed by atoms with van der Waals surface area (Å²) in [6.07, 6.45) is 1.09. The summed E-state index contributed by atoms with van der Waals surface area (Å²) >= 11 is 1.42. The third kappa shape index (κ3) is 2.71. The van der Waals surface area contributed by atoms with Crippen molar-refractivity contribution in [2.45, 2.75) is 25.9 Å². The van der Waals surface area contributed by atoms with Crippen molar-refractivity contribution < 1.29 is 4.79 Å². The topological polar surface area (TPSA) is 73.4 Å². The number of rotatable bonds is 5. The number of amides is 2. The Bertz CT molecular complexity index is 478. The zero-order valence-electron chi connectivity index (χ0n) is 11.6. The Morgan fingerprint density at radius 2 is 2.40 bits per heavy atom. The van der Waals surface area contributed by atoms with Gasteiger partial charge in [-0.1, -0.05) is 11.4 Å². The zero-order valence-corrected chi connectivity index (χ0v) is 12.4. The van der Waals surface area contributed by atoms with Crippen LogP contribution in [0.4, 0.5) is 9.80 Å². The molecule has 1 aromatic rings. The molecule has 2 N–H and O–H groups in total. The number of aromatic nitrogens is 2. The van der Waals surface area contributed by atoms with Crippen molar-refractivity contribution in [2.75, 3.05) is 38.0 Å². The first-order valence-electron chi connectivity index (χ1n) is 7.10. The number of urea groups is 1. The van der Waals surface area contributed by atoms with Gasteiger partial charge < -0.3 is 15.5 Å². The first kappa shape index (κ1) is 13.6. The molecule has 8 heteroatoms. The molecule has 0 saturated carbocycles. The number of nitrogens with one attached hydrogen (secondary N) is 2. The van der Waals surface area contributed by atoms with Crippen molar-refractivity contribution in [2.24, 2.45) is 0 Å². The van der Waals surface area contributed by atoms with E-state index in [2.05, 4.69) is 32.0 Å². The second-order valence-corrected chi connectivity index (χ2v) is 6.00. The molecule has 2 aliphatic heterocycles. The van der Waals surface area contributed by atoms with E-state index in [-0.39, 0.29) is 6.03 Å². The molecule has 2 amide bonds. The molecule has 0 spiro atoms. The Balaban J connectivity index is 1.59. The Kier molecular flexibility index (Phi) is 4.02. The highest BCUT2D eigenvalue weighted by Crippen LogP contribution is 2.21. The van der Waals surface area contributed by atoms with Crippen LogP contribution in [0.3, 0.4) is 0 Å². The lowest BCUT2D eigenvalue weighted by atomic mass is 10.2. The van der Waals surface area contributed by atoms with Crippen LogP contribution in [-0.4, -0.2) is 64.2 Å². The highest BCUT2D eigenvalue weighted by Gasteiger charge is 2.35. The Morgan fingerprint density at radius 1 is 1.50 bits per heavy atom. The molecule has 110 valence electrons. The molecule has 0 aromatic carbocycles. The van der Waals surface area contributed by atoms with Crippen molar-refractivity contribution in [3.8, 4) is 0 Å². The van der Waals surface area contributed by atoms with E-state index in [1.165, 1.54) is 11.5 Å². The quantitative estimate of drug-likeness (QED) is 0.831. The SMILES string of the molecule is CCCNc1snnc1CN1CCN2C(=O)NCC2C1. The molecule has 1 aromatic heterocycles. The minimum absolute atomic E-state index is 0.0790. The van der Waals surface area contributed by atoms with Gasteiger partial charge in [-0.2, -0.15) is 0 Å². The summed E-state index contributed by atoms with van der Waals surface area (Å²) in [5.74, 6) is 0. The van der Waals surface area contributed by atoms with Gasteiger partial charge in [-0.3, -0.25) is 4.90 Å². The summed E-state index contributed by atoms with van der Waals surface area (Å²) in [5, 5.41) is 11.6. The maximum Gasteiger partial charge on any atom is 0.317 e. The maximum atomic E-state index is 11.6. The summed E-state index contributed by atoms with van der Waals surface area (Å²) in [4.78, 5) is 15.9. The first-order chi connectivity index (χ1) is 9.78. The maximum absolute atomic E-state index is 11.6. The van der Waals surface area contributed by atoms with Crippen molar-refractivity contribution >= 4 is 22.6 Å². The predicted molar refractivity (Wildman–Crippen MR) is 77.9 cm³/mol. The fourth-order valence-electron chi connectivity index (χ4n) is 2.71. The molecular weight excluding hydrogens is 276 g/mol. The number of carbonyl (C=O) groups is 1. The number of fused-ring (bicyclic) bond motifs is 1. The zero-order chi connectivity index (χ0) is 13.9. The number of nitrogens with zero attached hydrogens (tertiary/aromatic N) is 4. The van der Waals surface area contributed by atoms with E-state index in [9.17, 15) is 4.79 Å². The second-order valence-electron chi connectivity index (χ2n) is 5.24. The van der Waals surface area contributed by atoms with Gasteiger partial charge in [0.05, 0.1) is 6.04 Å². The molecule has 0 radical (unpaired) electrons. The van der Waals surface area contributed by atoms with Gasteiger partial charge in [-0.05, 0) is 6.42 Å². The largest absolute Gasteiger partial charge is 0.374 e. The van der Waals surface area contributed by atoms with E-state index < -0.39 is 0 Å². The van der Waals surface area contributed by atoms with Crippen LogP contribution in [0.1, 0.15) is 19.0 Å². The highest BCUT2D eigenvalue weighted by molar-refractivity contribution is 7.10. The molecule has 7 nitrogen and oxygen atoms in total. The molecule has 1 unspecified atom stereocenters. The third-order valence-corrected chi connectivity index (χ3v) is 4.51. The van der Waals surface area contributed by atoms with Crippen LogP contribution in [0.15, 0.2) is 0 Å². The summed E-state index contributed by atoms with van der Waals surface area (Å²) in [6.45, 7) is 7.26. The van der Waals surface area contributed by atoms with Gasteiger partial charge in [0, 0.05) is 50.8 Å². The number of hydrogen-bond donors (Lipinski definition) is 2. The van der Waals surface area contributed by atoms with E-state index in [1.54, 1.807) is 0 Å². The molecular formula is C12H20N6OS. The van der Waals surface area contributed by atoms with E-state index in [1.807, 2.05) is 4.90 Å². The van der Waals surface area contributed by atoms with Crippen molar-refractivity contribution in [1.29, 1.82) is 0 Å². The molecule has 3 rings (SSSR count). The lowest BCUT2D eigenvalue weighted by molar-refractivity contribution is 0.116. The van der Waals surface area contributed by atoms with Crippen LogP contribution in [0, 0.1) is 0 Å². The smallest absolute Gasteiger partial charge is 0.317 e. The predicted octanol–water partition coefficient (Wildman–Crippen LogP) is 0.569. The first-order valence-corrected chi connectivity index (χ1v) is 7.87. The van der Waals surface area contributed by atoms with E-state index >= 15 is 0 Å². The van der Waals surface area contributed by atoms with Gasteiger partial charge in [0.15, 0.2) is 0 Å². The summed E-state index contributed by atoms with van der Waals surface area (Å²) < 4.78 is 4.04. The molecule has 2 saturated heterocycles. The van der Waals surface area contributed by atoms with Gasteiger partial charge in [0.25, 0.3) is 0 Å². The molecule has 2 fully saturated rings. The van der Waals surface area contributed by atoms with Gasteiger partial charge >= 0.3 is 6.03 Å². The molecule has 0 bridgehead atoms. The normalized spacial score (nSPS) is 22.8. The van der Waals surface area contributed by atoms with E-state index in [0.717, 1.165) is 56.4 Å². The minimum atomic E-state index is 0.0790. The van der Waals surface area contributed by atoms with Crippen molar-refractivity contribution in [3.05, 3.63) is 5.69 Å². The summed E-state index contributed by atoms with van der Waals surface area (Å²) in [7, 11) is 0. The second kappa shape index (κ2) is 5.92. The van der Waals surface area contributed by atoms with Gasteiger partial charge in [-0.15, -0.1) is 5.10 Å². The lowest BCUT2D eigenvalue weighted by Crippen LogP contribution is -2.51. The fraction of sp³-hybridized carbons (Fsp3) is 0.750. The number of piperazine rings is 1. The van der Waals surface area contributed by atoms with Crippen LogP contribution in [-0.2, 0) is 6.54 Å². The van der Waals surface area contributed by atoms with Gasteiger partial charge in [0.1, 0.15) is 10.7 Å². The monoisotopic (exact) mass is 296 g/mol. The average molecular weight is 296 g/mol. The van der Waals surface area contributed by atoms with Gasteiger partial charge in [-0.25, -0.2) is 4.79 Å². The summed E-state index contributed by atoms with van der Waals surface area (Å²) in [6, 6.07) is 0.380. The molecule has 1 atom stereocenters. The number of anilines is 1. The molecule has 20 heavy (non-hydrogen) atoms. The molecule has 3 heterocycles. The van der Waals surface area contributed by atoms with Crippen LogP contribution in [0.2, 0.25) is 0 Å². The third-order valence-electron chi connectivity index (χ3n) is 3.78. The van der Waals surface area contributed by atoms with E-state index in [0.29, 0.717) is 6.04 Å². The minimum Gasteiger partial charge on any atom is -0.374 e. The number of carbonyl (C=O) groups excluding carboxylic acids is 1. The van der Waals surface area contributed by atoms with Crippen LogP contribution >= 0.6 is 11.5 Å². The van der Waals surface area contributed by atoms with Crippen LogP contribution in [0.25, 0.3) is 0 Å². The summed E-state index contributed by atoms with van der Waals surface area (Å²) in [5.41, 5.74) is 1.02. The molecule has 2 aliphatic rings. The van der Waals surface area contributed by atoms with Crippen LogP contribution < -0.4 is 10.6 Å². The fourth-order valence-corrected chi connectivity index (χ4v) is 3.31. The standard InChI is InChI=1S/C12H20N6OS/c1-2-3-13-11-10(15-16-20-11)8-17-4-5-18-9(7-17)6-14-12(18)19/h9,13H,2-8H2,1H3,(H,14,19).